The van der Waals surface area contributed by atoms with Crippen LogP contribution in [0.4, 0.5) is 0 Å². The van der Waals surface area contributed by atoms with E-state index in [4.69, 9.17) is 4.98 Å². The van der Waals surface area contributed by atoms with Crippen LogP contribution in [0.5, 0.6) is 0 Å². The molecule has 0 spiro atoms. The number of amides is 1. The maximum Gasteiger partial charge on any atom is 0.265 e. The Labute approximate surface area is 226 Å². The SMILES string of the molecule is CCCSc1nc2ccc(C(=O)NS(=O)(=O)c3ccccc3)cc2n1Cc1ccc(-c2ccccc2)cc1. The number of hydrogen-bond acceptors (Lipinski definition) is 5. The molecule has 5 rings (SSSR count). The first-order valence-corrected chi connectivity index (χ1v) is 14.8. The van der Waals surface area contributed by atoms with Gasteiger partial charge in [0.2, 0.25) is 0 Å². The van der Waals surface area contributed by atoms with Gasteiger partial charge in [-0.25, -0.2) is 18.1 Å². The van der Waals surface area contributed by atoms with Crippen molar-refractivity contribution in [3.05, 3.63) is 114 Å². The molecule has 0 saturated carbocycles. The van der Waals surface area contributed by atoms with Crippen LogP contribution in [0, 0.1) is 0 Å². The van der Waals surface area contributed by atoms with Crippen molar-refractivity contribution in [2.45, 2.75) is 29.9 Å². The van der Waals surface area contributed by atoms with Crippen molar-refractivity contribution in [1.29, 1.82) is 0 Å². The number of benzene rings is 4. The molecule has 0 aliphatic carbocycles. The van der Waals surface area contributed by atoms with Crippen molar-refractivity contribution in [2.24, 2.45) is 0 Å². The standard InChI is InChI=1S/C30H27N3O3S2/c1-2-19-37-30-31-27-18-17-25(29(34)32-38(35,36)26-11-7-4-8-12-26)20-28(27)33(30)21-22-13-15-24(16-14-22)23-9-5-3-6-10-23/h3-18,20H,2,19,21H2,1H3,(H,32,34). The number of imidazole rings is 1. The molecule has 1 aromatic heterocycles. The zero-order chi connectivity index (χ0) is 26.5. The average Bonchev–Trinajstić information content (AvgIpc) is 3.29. The minimum atomic E-state index is -3.98. The topological polar surface area (TPSA) is 81.1 Å². The molecule has 8 heteroatoms. The summed E-state index contributed by atoms with van der Waals surface area (Å²) < 4.78 is 29.7. The summed E-state index contributed by atoms with van der Waals surface area (Å²) in [7, 11) is -3.98. The Morgan fingerprint density at radius 3 is 2.21 bits per heavy atom. The molecule has 4 aromatic carbocycles. The number of hydrogen-bond donors (Lipinski definition) is 1. The van der Waals surface area contributed by atoms with E-state index in [2.05, 4.69) is 52.6 Å². The Morgan fingerprint density at radius 1 is 0.868 bits per heavy atom. The molecular formula is C30H27N3O3S2. The number of nitrogens with zero attached hydrogens (tertiary/aromatic N) is 2. The van der Waals surface area contributed by atoms with E-state index in [1.165, 1.54) is 12.1 Å². The normalized spacial score (nSPS) is 11.5. The molecule has 1 N–H and O–H groups in total. The summed E-state index contributed by atoms with van der Waals surface area (Å²) in [6.07, 6.45) is 1.00. The molecule has 0 aliphatic rings. The Morgan fingerprint density at radius 2 is 1.53 bits per heavy atom. The van der Waals surface area contributed by atoms with Crippen LogP contribution in [-0.4, -0.2) is 29.6 Å². The maximum atomic E-state index is 13.0. The highest BCUT2D eigenvalue weighted by Gasteiger charge is 2.20. The van der Waals surface area contributed by atoms with E-state index in [9.17, 15) is 13.2 Å². The highest BCUT2D eigenvalue weighted by molar-refractivity contribution is 7.99. The lowest BCUT2D eigenvalue weighted by Gasteiger charge is -2.11. The minimum absolute atomic E-state index is 0.0386. The van der Waals surface area contributed by atoms with E-state index in [1.54, 1.807) is 48.2 Å². The highest BCUT2D eigenvalue weighted by atomic mass is 32.2. The summed E-state index contributed by atoms with van der Waals surface area (Å²) in [5, 5.41) is 0.864. The quantitative estimate of drug-likeness (QED) is 0.219. The van der Waals surface area contributed by atoms with Gasteiger partial charge in [0.05, 0.1) is 22.5 Å². The number of fused-ring (bicyclic) bond motifs is 1. The van der Waals surface area contributed by atoms with Gasteiger partial charge in [0.15, 0.2) is 5.16 Å². The first-order chi connectivity index (χ1) is 18.4. The molecule has 6 nitrogen and oxygen atoms in total. The fraction of sp³-hybridized carbons (Fsp3) is 0.133. The Kier molecular flexibility index (Phi) is 7.62. The number of aromatic nitrogens is 2. The Balaban J connectivity index is 1.46. The number of sulfonamides is 1. The zero-order valence-electron chi connectivity index (χ0n) is 20.9. The van der Waals surface area contributed by atoms with E-state index < -0.39 is 15.9 Å². The van der Waals surface area contributed by atoms with Crippen LogP contribution in [0.3, 0.4) is 0 Å². The molecule has 0 unspecified atom stereocenters. The Bertz CT molecular complexity index is 1670. The average molecular weight is 542 g/mol. The summed E-state index contributed by atoms with van der Waals surface area (Å²) >= 11 is 1.67. The summed E-state index contributed by atoms with van der Waals surface area (Å²) in [5.74, 6) is 0.234. The molecule has 0 bridgehead atoms. The van der Waals surface area contributed by atoms with Crippen LogP contribution in [0.15, 0.2) is 113 Å². The molecule has 0 saturated heterocycles. The van der Waals surface area contributed by atoms with Gasteiger partial charge in [-0.05, 0) is 53.4 Å². The largest absolute Gasteiger partial charge is 0.314 e. The summed E-state index contributed by atoms with van der Waals surface area (Å²) in [5.41, 5.74) is 5.19. The smallest absolute Gasteiger partial charge is 0.265 e. The lowest BCUT2D eigenvalue weighted by molar-refractivity contribution is 0.0981. The first-order valence-electron chi connectivity index (χ1n) is 12.3. The van der Waals surface area contributed by atoms with E-state index >= 15 is 0 Å². The van der Waals surface area contributed by atoms with Crippen molar-refractivity contribution in [2.75, 3.05) is 5.75 Å². The second-order valence-electron chi connectivity index (χ2n) is 8.84. The van der Waals surface area contributed by atoms with Crippen molar-refractivity contribution < 1.29 is 13.2 Å². The lowest BCUT2D eigenvalue weighted by Crippen LogP contribution is -2.30. The second-order valence-corrected chi connectivity index (χ2v) is 11.6. The predicted molar refractivity (Wildman–Crippen MR) is 153 cm³/mol. The maximum absolute atomic E-state index is 13.0. The molecule has 0 radical (unpaired) electrons. The molecule has 192 valence electrons. The fourth-order valence-electron chi connectivity index (χ4n) is 4.15. The van der Waals surface area contributed by atoms with Crippen molar-refractivity contribution in [3.63, 3.8) is 0 Å². The zero-order valence-corrected chi connectivity index (χ0v) is 22.5. The number of carbonyl (C=O) groups excluding carboxylic acids is 1. The van der Waals surface area contributed by atoms with Crippen molar-refractivity contribution >= 4 is 38.7 Å². The second kappa shape index (κ2) is 11.2. The van der Waals surface area contributed by atoms with Crippen LogP contribution < -0.4 is 4.72 Å². The van der Waals surface area contributed by atoms with E-state index in [-0.39, 0.29) is 10.5 Å². The molecule has 0 atom stereocenters. The lowest BCUT2D eigenvalue weighted by atomic mass is 10.0. The number of rotatable bonds is 9. The number of carbonyl (C=O) groups is 1. The minimum Gasteiger partial charge on any atom is -0.314 e. The van der Waals surface area contributed by atoms with Gasteiger partial charge in [-0.1, -0.05) is 91.5 Å². The molecule has 38 heavy (non-hydrogen) atoms. The van der Waals surface area contributed by atoms with Crippen LogP contribution >= 0.6 is 11.8 Å². The van der Waals surface area contributed by atoms with Gasteiger partial charge in [0.1, 0.15) is 0 Å². The molecule has 0 fully saturated rings. The monoisotopic (exact) mass is 541 g/mol. The highest BCUT2D eigenvalue weighted by Crippen LogP contribution is 2.28. The predicted octanol–water partition coefficient (Wildman–Crippen LogP) is 6.37. The van der Waals surface area contributed by atoms with Gasteiger partial charge < -0.3 is 4.57 Å². The Hall–Kier alpha value is -3.88. The van der Waals surface area contributed by atoms with E-state index in [1.807, 2.05) is 18.2 Å². The van der Waals surface area contributed by atoms with Gasteiger partial charge in [-0.15, -0.1) is 0 Å². The van der Waals surface area contributed by atoms with Crippen LogP contribution in [0.25, 0.3) is 22.2 Å². The van der Waals surface area contributed by atoms with E-state index in [0.717, 1.165) is 45.1 Å². The van der Waals surface area contributed by atoms with Gasteiger partial charge >= 0.3 is 0 Å². The van der Waals surface area contributed by atoms with Gasteiger partial charge in [-0.3, -0.25) is 4.79 Å². The van der Waals surface area contributed by atoms with Gasteiger partial charge in [0.25, 0.3) is 15.9 Å². The third kappa shape index (κ3) is 5.66. The van der Waals surface area contributed by atoms with Crippen molar-refractivity contribution in [3.8, 4) is 11.1 Å². The van der Waals surface area contributed by atoms with Crippen molar-refractivity contribution in [1.82, 2.24) is 14.3 Å². The van der Waals surface area contributed by atoms with Crippen LogP contribution in [0.1, 0.15) is 29.3 Å². The van der Waals surface area contributed by atoms with Gasteiger partial charge in [-0.2, -0.15) is 0 Å². The number of thioether (sulfide) groups is 1. The molecular weight excluding hydrogens is 514 g/mol. The first kappa shape index (κ1) is 25.8. The van der Waals surface area contributed by atoms with E-state index in [0.29, 0.717) is 6.54 Å². The van der Waals surface area contributed by atoms with Crippen LogP contribution in [0.2, 0.25) is 0 Å². The molecule has 1 amide bonds. The molecule has 5 aromatic rings. The van der Waals surface area contributed by atoms with Crippen LogP contribution in [-0.2, 0) is 16.6 Å². The summed E-state index contributed by atoms with van der Waals surface area (Å²) in [6, 6.07) is 31.6. The third-order valence-electron chi connectivity index (χ3n) is 6.09. The third-order valence-corrected chi connectivity index (χ3v) is 8.62. The fourth-order valence-corrected chi connectivity index (χ4v) is 6.02. The summed E-state index contributed by atoms with van der Waals surface area (Å²) in [6.45, 7) is 2.70. The summed E-state index contributed by atoms with van der Waals surface area (Å²) in [4.78, 5) is 17.8. The number of nitrogens with one attached hydrogen (secondary N) is 1. The van der Waals surface area contributed by atoms with Gasteiger partial charge in [0, 0.05) is 11.3 Å². The molecule has 1 heterocycles. The molecule has 0 aliphatic heterocycles.